The Bertz CT molecular complexity index is 654. The molecule has 3 heteroatoms. The normalized spacial score (nSPS) is 18.1. The van der Waals surface area contributed by atoms with Gasteiger partial charge in [-0.15, -0.1) is 0 Å². The van der Waals surface area contributed by atoms with Gasteiger partial charge >= 0.3 is 0 Å². The van der Waals surface area contributed by atoms with Crippen LogP contribution in [0.2, 0.25) is 0 Å². The van der Waals surface area contributed by atoms with Crippen LogP contribution in [0.1, 0.15) is 18.4 Å². The summed E-state index contributed by atoms with van der Waals surface area (Å²) in [4.78, 5) is 2.24. The summed E-state index contributed by atoms with van der Waals surface area (Å²) in [6.45, 7) is 1.78. The number of nitriles is 1. The van der Waals surface area contributed by atoms with Crippen LogP contribution in [0.5, 0.6) is 0 Å². The number of rotatable bonds is 3. The Kier molecular flexibility index (Phi) is 3.58. The second-order valence-corrected chi connectivity index (χ2v) is 5.31. The van der Waals surface area contributed by atoms with Crippen molar-refractivity contribution in [3.05, 3.63) is 42.0 Å². The molecule has 20 heavy (non-hydrogen) atoms. The Balaban J connectivity index is 1.97. The average molecular weight is 266 g/mol. The maximum Gasteiger partial charge on any atom is 0.0998 e. The first-order valence-electron chi connectivity index (χ1n) is 7.04. The summed E-state index contributed by atoms with van der Waals surface area (Å²) in [6, 6.07) is 14.3. The van der Waals surface area contributed by atoms with Crippen molar-refractivity contribution in [2.45, 2.75) is 18.9 Å². The largest absolute Gasteiger partial charge is 0.376 e. The number of fused-ring (bicyclic) bond motifs is 1. The van der Waals surface area contributed by atoms with Gasteiger partial charge in [-0.1, -0.05) is 24.3 Å². The van der Waals surface area contributed by atoms with Crippen LogP contribution in [0.25, 0.3) is 10.8 Å². The molecule has 1 atom stereocenters. The summed E-state index contributed by atoms with van der Waals surface area (Å²) in [7, 11) is 2.09. The molecule has 102 valence electrons. The van der Waals surface area contributed by atoms with Gasteiger partial charge in [0, 0.05) is 36.7 Å². The lowest BCUT2D eigenvalue weighted by molar-refractivity contribution is 0.116. The average Bonchev–Trinajstić information content (AvgIpc) is 2.99. The van der Waals surface area contributed by atoms with E-state index in [1.54, 1.807) is 0 Å². The van der Waals surface area contributed by atoms with Gasteiger partial charge in [-0.3, -0.25) is 0 Å². The molecule has 0 aliphatic carbocycles. The van der Waals surface area contributed by atoms with Gasteiger partial charge < -0.3 is 9.64 Å². The minimum atomic E-state index is 0.328. The van der Waals surface area contributed by atoms with Crippen molar-refractivity contribution >= 4 is 16.5 Å². The molecule has 0 bridgehead atoms. The Labute approximate surface area is 119 Å². The molecule has 0 aromatic heterocycles. The lowest BCUT2D eigenvalue weighted by Gasteiger charge is -2.24. The molecule has 2 aromatic carbocycles. The minimum absolute atomic E-state index is 0.328. The molecule has 0 amide bonds. The molecule has 1 heterocycles. The third-order valence-electron chi connectivity index (χ3n) is 3.93. The highest BCUT2D eigenvalue weighted by atomic mass is 16.5. The van der Waals surface area contributed by atoms with Gasteiger partial charge in [0.05, 0.1) is 17.7 Å². The second-order valence-electron chi connectivity index (χ2n) is 5.31. The van der Waals surface area contributed by atoms with E-state index >= 15 is 0 Å². The Morgan fingerprint density at radius 1 is 1.25 bits per heavy atom. The van der Waals surface area contributed by atoms with E-state index in [-0.39, 0.29) is 0 Å². The van der Waals surface area contributed by atoms with E-state index in [9.17, 15) is 5.26 Å². The fourth-order valence-electron chi connectivity index (χ4n) is 2.91. The van der Waals surface area contributed by atoms with Crippen molar-refractivity contribution in [1.29, 1.82) is 5.26 Å². The van der Waals surface area contributed by atoms with Crippen LogP contribution >= 0.6 is 0 Å². The molecule has 0 radical (unpaired) electrons. The fraction of sp³-hybridized carbons (Fsp3) is 0.353. The van der Waals surface area contributed by atoms with Gasteiger partial charge in [0.15, 0.2) is 0 Å². The molecule has 0 N–H and O–H groups in total. The molecular formula is C17H18N2O. The summed E-state index contributed by atoms with van der Waals surface area (Å²) in [6.07, 6.45) is 2.62. The molecule has 1 unspecified atom stereocenters. The Hall–Kier alpha value is -2.05. The smallest absolute Gasteiger partial charge is 0.0998 e. The zero-order valence-corrected chi connectivity index (χ0v) is 11.7. The van der Waals surface area contributed by atoms with Gasteiger partial charge in [0.2, 0.25) is 0 Å². The quantitative estimate of drug-likeness (QED) is 0.855. The summed E-state index contributed by atoms with van der Waals surface area (Å²) in [5, 5.41) is 11.4. The fourth-order valence-corrected chi connectivity index (χ4v) is 2.91. The number of ether oxygens (including phenoxy) is 1. The lowest BCUT2D eigenvalue weighted by Crippen LogP contribution is -2.28. The van der Waals surface area contributed by atoms with Crippen LogP contribution in [-0.2, 0) is 4.74 Å². The second kappa shape index (κ2) is 5.52. The van der Waals surface area contributed by atoms with E-state index in [0.29, 0.717) is 6.10 Å². The van der Waals surface area contributed by atoms with Gasteiger partial charge in [0.1, 0.15) is 0 Å². The molecular weight excluding hydrogens is 248 g/mol. The predicted octanol–water partition coefficient (Wildman–Crippen LogP) is 3.33. The van der Waals surface area contributed by atoms with Crippen LogP contribution < -0.4 is 4.90 Å². The van der Waals surface area contributed by atoms with Crippen molar-refractivity contribution in [3.63, 3.8) is 0 Å². The van der Waals surface area contributed by atoms with Crippen LogP contribution in [0.4, 0.5) is 5.69 Å². The standard InChI is InChI=1S/C17H18N2O/c1-19(12-14-5-4-10-20-14)17-9-8-13(11-18)15-6-2-3-7-16(15)17/h2-3,6-9,14H,4-5,10,12H2,1H3. The molecule has 1 fully saturated rings. The summed E-state index contributed by atoms with van der Waals surface area (Å²) >= 11 is 0. The van der Waals surface area contributed by atoms with E-state index in [1.165, 1.54) is 0 Å². The molecule has 1 saturated heterocycles. The summed E-state index contributed by atoms with van der Waals surface area (Å²) in [5.74, 6) is 0. The predicted molar refractivity (Wildman–Crippen MR) is 80.9 cm³/mol. The Morgan fingerprint density at radius 3 is 2.75 bits per heavy atom. The molecule has 1 aliphatic heterocycles. The van der Waals surface area contributed by atoms with Crippen LogP contribution in [-0.4, -0.2) is 26.3 Å². The maximum absolute atomic E-state index is 9.21. The summed E-state index contributed by atoms with van der Waals surface area (Å²) in [5.41, 5.74) is 1.89. The third kappa shape index (κ3) is 2.35. The molecule has 0 saturated carbocycles. The first kappa shape index (κ1) is 13.0. The zero-order chi connectivity index (χ0) is 13.9. The SMILES string of the molecule is CN(CC1CCCO1)c1ccc(C#N)c2ccccc12. The number of benzene rings is 2. The van der Waals surface area contributed by atoms with Crippen LogP contribution in [0, 0.1) is 11.3 Å². The van der Waals surface area contributed by atoms with Gasteiger partial charge in [-0.05, 0) is 25.0 Å². The highest BCUT2D eigenvalue weighted by molar-refractivity contribution is 5.97. The molecule has 0 spiro atoms. The first-order valence-corrected chi connectivity index (χ1v) is 7.04. The van der Waals surface area contributed by atoms with E-state index in [2.05, 4.69) is 24.1 Å². The minimum Gasteiger partial charge on any atom is -0.376 e. The maximum atomic E-state index is 9.21. The molecule has 1 aliphatic rings. The van der Waals surface area contributed by atoms with E-state index in [1.807, 2.05) is 30.3 Å². The third-order valence-corrected chi connectivity index (χ3v) is 3.93. The van der Waals surface area contributed by atoms with Gasteiger partial charge in [0.25, 0.3) is 0 Å². The zero-order valence-electron chi connectivity index (χ0n) is 11.7. The molecule has 3 rings (SSSR count). The summed E-state index contributed by atoms with van der Waals surface area (Å²) < 4.78 is 5.71. The topological polar surface area (TPSA) is 36.3 Å². The van der Waals surface area contributed by atoms with Crippen LogP contribution in [0.3, 0.4) is 0 Å². The molecule has 3 nitrogen and oxygen atoms in total. The van der Waals surface area contributed by atoms with Crippen molar-refractivity contribution in [1.82, 2.24) is 0 Å². The number of anilines is 1. The van der Waals surface area contributed by atoms with Gasteiger partial charge in [-0.25, -0.2) is 0 Å². The number of hydrogen-bond donors (Lipinski definition) is 0. The van der Waals surface area contributed by atoms with E-state index < -0.39 is 0 Å². The van der Waals surface area contributed by atoms with Gasteiger partial charge in [-0.2, -0.15) is 5.26 Å². The highest BCUT2D eigenvalue weighted by Crippen LogP contribution is 2.29. The number of hydrogen-bond acceptors (Lipinski definition) is 3. The van der Waals surface area contributed by atoms with Crippen molar-refractivity contribution in [2.75, 3.05) is 25.1 Å². The lowest BCUT2D eigenvalue weighted by atomic mass is 10.0. The van der Waals surface area contributed by atoms with Crippen LogP contribution in [0.15, 0.2) is 36.4 Å². The van der Waals surface area contributed by atoms with Crippen molar-refractivity contribution in [2.24, 2.45) is 0 Å². The van der Waals surface area contributed by atoms with Crippen molar-refractivity contribution in [3.8, 4) is 6.07 Å². The highest BCUT2D eigenvalue weighted by Gasteiger charge is 2.18. The monoisotopic (exact) mass is 266 g/mol. The molecule has 2 aromatic rings. The Morgan fingerprint density at radius 2 is 2.05 bits per heavy atom. The van der Waals surface area contributed by atoms with Crippen molar-refractivity contribution < 1.29 is 4.74 Å². The van der Waals surface area contributed by atoms with E-state index in [0.717, 1.165) is 48.0 Å². The van der Waals surface area contributed by atoms with E-state index in [4.69, 9.17) is 4.74 Å². The number of nitrogens with zero attached hydrogens (tertiary/aromatic N) is 2. The first-order chi connectivity index (χ1) is 9.79. The number of likely N-dealkylation sites (N-methyl/N-ethyl adjacent to an activating group) is 1.